The number of amides is 2. The Morgan fingerprint density at radius 2 is 2.12 bits per heavy atom. The van der Waals surface area contributed by atoms with Crippen molar-refractivity contribution in [3.63, 3.8) is 0 Å². The second kappa shape index (κ2) is 10.8. The van der Waals surface area contributed by atoms with E-state index in [0.717, 1.165) is 35.4 Å². The number of ether oxygens (including phenoxy) is 2. The number of rotatable bonds is 8. The zero-order chi connectivity index (χ0) is 23.1. The van der Waals surface area contributed by atoms with Crippen LogP contribution in [0.1, 0.15) is 42.3 Å². The van der Waals surface area contributed by atoms with Crippen molar-refractivity contribution >= 4 is 17.9 Å². The summed E-state index contributed by atoms with van der Waals surface area (Å²) in [5.74, 6) is 1.67. The molecule has 2 aromatic rings. The summed E-state index contributed by atoms with van der Waals surface area (Å²) in [7, 11) is 1.58. The van der Waals surface area contributed by atoms with Crippen LogP contribution < -0.4 is 14.8 Å². The van der Waals surface area contributed by atoms with Gasteiger partial charge in [-0.1, -0.05) is 11.2 Å². The molecule has 1 aromatic heterocycles. The van der Waals surface area contributed by atoms with Crippen molar-refractivity contribution in [1.82, 2.24) is 15.4 Å². The fraction of sp³-hybridized carbons (Fsp3) is 0.458. The van der Waals surface area contributed by atoms with Gasteiger partial charge in [0.1, 0.15) is 12.4 Å². The Labute approximate surface area is 188 Å². The Morgan fingerprint density at radius 1 is 1.31 bits per heavy atom. The second-order valence-electron chi connectivity index (χ2n) is 7.85. The highest BCUT2D eigenvalue weighted by atomic mass is 16.5. The molecule has 1 unspecified atom stereocenters. The van der Waals surface area contributed by atoms with E-state index in [1.54, 1.807) is 24.2 Å². The standard InChI is InChI=1S/C24H31N3O5/c1-5-25-24(29)19-7-6-12-27(14-19)23(28)11-9-18-8-10-21(22(13-18)30-4)31-15-20-16(2)26-32-17(20)3/h8-11,13,19H,5-7,12,14-15H2,1-4H3,(H,25,29). The van der Waals surface area contributed by atoms with Gasteiger partial charge in [0.15, 0.2) is 11.5 Å². The van der Waals surface area contributed by atoms with Gasteiger partial charge in [0, 0.05) is 25.7 Å². The quantitative estimate of drug-likeness (QED) is 0.632. The van der Waals surface area contributed by atoms with Crippen molar-refractivity contribution in [2.24, 2.45) is 5.92 Å². The maximum Gasteiger partial charge on any atom is 0.246 e. The molecule has 8 nitrogen and oxygen atoms in total. The minimum absolute atomic E-state index is 0.0193. The first kappa shape index (κ1) is 23.4. The summed E-state index contributed by atoms with van der Waals surface area (Å²) in [5.41, 5.74) is 2.53. The van der Waals surface area contributed by atoms with Gasteiger partial charge in [-0.05, 0) is 57.4 Å². The number of carbonyl (C=O) groups is 2. The van der Waals surface area contributed by atoms with Crippen LogP contribution in [0, 0.1) is 19.8 Å². The lowest BCUT2D eigenvalue weighted by Crippen LogP contribution is -2.44. The molecule has 0 spiro atoms. The maximum atomic E-state index is 12.7. The number of nitrogens with one attached hydrogen (secondary N) is 1. The lowest BCUT2D eigenvalue weighted by molar-refractivity contribution is -0.132. The Kier molecular flexibility index (Phi) is 7.92. The molecule has 1 atom stereocenters. The molecular weight excluding hydrogens is 410 g/mol. The van der Waals surface area contributed by atoms with Gasteiger partial charge in [0.25, 0.3) is 0 Å². The van der Waals surface area contributed by atoms with E-state index in [-0.39, 0.29) is 17.7 Å². The molecule has 0 radical (unpaired) electrons. The number of likely N-dealkylation sites (tertiary alicyclic amines) is 1. The van der Waals surface area contributed by atoms with Crippen LogP contribution in [0.5, 0.6) is 11.5 Å². The van der Waals surface area contributed by atoms with Gasteiger partial charge in [-0.15, -0.1) is 0 Å². The molecular formula is C24H31N3O5. The van der Waals surface area contributed by atoms with Gasteiger partial charge >= 0.3 is 0 Å². The molecule has 32 heavy (non-hydrogen) atoms. The average Bonchev–Trinajstić information content (AvgIpc) is 3.13. The molecule has 1 saturated heterocycles. The Hall–Kier alpha value is -3.29. The monoisotopic (exact) mass is 441 g/mol. The number of nitrogens with zero attached hydrogens (tertiary/aromatic N) is 2. The normalized spacial score (nSPS) is 16.2. The van der Waals surface area contributed by atoms with Crippen molar-refractivity contribution in [1.29, 1.82) is 0 Å². The third-order valence-electron chi connectivity index (χ3n) is 5.61. The smallest absolute Gasteiger partial charge is 0.246 e. The predicted octanol–water partition coefficient (Wildman–Crippen LogP) is 3.27. The summed E-state index contributed by atoms with van der Waals surface area (Å²) >= 11 is 0. The van der Waals surface area contributed by atoms with Crippen LogP contribution in [-0.4, -0.2) is 48.6 Å². The molecule has 0 bridgehead atoms. The molecule has 2 amide bonds. The summed E-state index contributed by atoms with van der Waals surface area (Å²) in [5, 5.41) is 6.78. The van der Waals surface area contributed by atoms with Crippen LogP contribution in [-0.2, 0) is 16.2 Å². The molecule has 0 aliphatic carbocycles. The van der Waals surface area contributed by atoms with E-state index >= 15 is 0 Å². The van der Waals surface area contributed by atoms with E-state index in [0.29, 0.717) is 37.7 Å². The molecule has 1 aliphatic heterocycles. The fourth-order valence-corrected chi connectivity index (χ4v) is 3.75. The molecule has 1 fully saturated rings. The lowest BCUT2D eigenvalue weighted by atomic mass is 9.97. The van der Waals surface area contributed by atoms with Gasteiger partial charge in [-0.2, -0.15) is 0 Å². The SMILES string of the molecule is CCNC(=O)C1CCCN(C(=O)C=Cc2ccc(OCc3c(C)noc3C)c(OC)c2)C1. The number of methoxy groups -OCH3 is 1. The van der Waals surface area contributed by atoms with Gasteiger partial charge in [0.05, 0.1) is 24.3 Å². The number of aromatic nitrogens is 1. The summed E-state index contributed by atoms with van der Waals surface area (Å²) < 4.78 is 16.5. The van der Waals surface area contributed by atoms with Gasteiger partial charge in [-0.25, -0.2) is 0 Å². The number of carbonyl (C=O) groups excluding carboxylic acids is 2. The highest BCUT2D eigenvalue weighted by Gasteiger charge is 2.27. The minimum atomic E-state index is -0.143. The first-order chi connectivity index (χ1) is 15.4. The average molecular weight is 442 g/mol. The van der Waals surface area contributed by atoms with E-state index in [9.17, 15) is 9.59 Å². The van der Waals surface area contributed by atoms with Crippen molar-refractivity contribution in [2.45, 2.75) is 40.2 Å². The summed E-state index contributed by atoms with van der Waals surface area (Å²) in [6, 6.07) is 5.50. The van der Waals surface area contributed by atoms with E-state index in [2.05, 4.69) is 10.5 Å². The fourth-order valence-electron chi connectivity index (χ4n) is 3.75. The molecule has 0 saturated carbocycles. The van der Waals surface area contributed by atoms with E-state index in [1.165, 1.54) is 0 Å². The molecule has 172 valence electrons. The van der Waals surface area contributed by atoms with Crippen LogP contribution >= 0.6 is 0 Å². The highest BCUT2D eigenvalue weighted by Crippen LogP contribution is 2.30. The zero-order valence-electron chi connectivity index (χ0n) is 19.1. The Morgan fingerprint density at radius 3 is 2.81 bits per heavy atom. The minimum Gasteiger partial charge on any atom is -0.493 e. The first-order valence-corrected chi connectivity index (χ1v) is 10.9. The second-order valence-corrected chi connectivity index (χ2v) is 7.85. The zero-order valence-corrected chi connectivity index (χ0v) is 19.1. The van der Waals surface area contributed by atoms with Crippen molar-refractivity contribution < 1.29 is 23.6 Å². The maximum absolute atomic E-state index is 12.7. The molecule has 1 aromatic carbocycles. The Bertz CT molecular complexity index is 963. The molecule has 1 N–H and O–H groups in total. The van der Waals surface area contributed by atoms with Gasteiger partial charge in [0.2, 0.25) is 11.8 Å². The van der Waals surface area contributed by atoms with Crippen LogP contribution in [0.4, 0.5) is 0 Å². The van der Waals surface area contributed by atoms with E-state index in [1.807, 2.05) is 39.0 Å². The number of piperidine rings is 1. The molecule has 2 heterocycles. The van der Waals surface area contributed by atoms with Crippen molar-refractivity contribution in [3.05, 3.63) is 46.9 Å². The molecule has 8 heteroatoms. The number of aryl methyl sites for hydroxylation is 2. The number of hydrogen-bond acceptors (Lipinski definition) is 6. The molecule has 1 aliphatic rings. The van der Waals surface area contributed by atoms with E-state index < -0.39 is 0 Å². The van der Waals surface area contributed by atoms with Gasteiger partial charge in [-0.3, -0.25) is 9.59 Å². The summed E-state index contributed by atoms with van der Waals surface area (Å²) in [6.45, 7) is 7.66. The third-order valence-corrected chi connectivity index (χ3v) is 5.61. The van der Waals surface area contributed by atoms with Crippen LogP contribution in [0.25, 0.3) is 6.08 Å². The molecule has 3 rings (SSSR count). The van der Waals surface area contributed by atoms with Crippen LogP contribution in [0.3, 0.4) is 0 Å². The predicted molar refractivity (Wildman–Crippen MR) is 120 cm³/mol. The number of benzene rings is 1. The largest absolute Gasteiger partial charge is 0.493 e. The summed E-state index contributed by atoms with van der Waals surface area (Å²) in [4.78, 5) is 26.5. The van der Waals surface area contributed by atoms with Crippen molar-refractivity contribution in [3.8, 4) is 11.5 Å². The van der Waals surface area contributed by atoms with Gasteiger partial charge < -0.3 is 24.2 Å². The lowest BCUT2D eigenvalue weighted by Gasteiger charge is -2.31. The van der Waals surface area contributed by atoms with Crippen molar-refractivity contribution in [2.75, 3.05) is 26.7 Å². The van der Waals surface area contributed by atoms with E-state index in [4.69, 9.17) is 14.0 Å². The summed E-state index contributed by atoms with van der Waals surface area (Å²) in [6.07, 6.45) is 4.93. The topological polar surface area (TPSA) is 93.9 Å². The number of hydrogen-bond donors (Lipinski definition) is 1. The van der Waals surface area contributed by atoms with Crippen LogP contribution in [0.15, 0.2) is 28.8 Å². The first-order valence-electron chi connectivity index (χ1n) is 10.9. The Balaban J connectivity index is 1.63. The third kappa shape index (κ3) is 5.69. The highest BCUT2D eigenvalue weighted by molar-refractivity contribution is 5.92. The van der Waals surface area contributed by atoms with Crippen LogP contribution in [0.2, 0.25) is 0 Å².